The fraction of sp³-hybridized carbons (Fsp3) is 0.615. The first-order valence-corrected chi connectivity index (χ1v) is 6.39. The predicted octanol–water partition coefficient (Wildman–Crippen LogP) is 0.741. The Bertz CT molecular complexity index is 378. The van der Waals surface area contributed by atoms with Gasteiger partial charge in [-0.05, 0) is 31.9 Å². The minimum Gasteiger partial charge on any atom is -0.468 e. The van der Waals surface area contributed by atoms with E-state index in [1.54, 1.807) is 6.26 Å². The zero-order valence-corrected chi connectivity index (χ0v) is 10.6. The molecule has 0 bridgehead atoms. The minimum atomic E-state index is -0.280. The van der Waals surface area contributed by atoms with Crippen LogP contribution in [-0.2, 0) is 11.3 Å². The van der Waals surface area contributed by atoms with Crippen LogP contribution in [0.15, 0.2) is 22.8 Å². The monoisotopic (exact) mass is 252 g/mol. The van der Waals surface area contributed by atoms with Crippen molar-refractivity contribution in [3.63, 3.8) is 0 Å². The molecule has 1 aliphatic rings. The maximum Gasteiger partial charge on any atom is 0.237 e. The van der Waals surface area contributed by atoms with Crippen molar-refractivity contribution in [1.82, 2.24) is 10.2 Å². The maximum atomic E-state index is 12.0. The number of carbonyl (C=O) groups is 1. The van der Waals surface area contributed by atoms with Gasteiger partial charge in [-0.3, -0.25) is 9.69 Å². The number of nitrogens with zero attached hydrogens (tertiary/aromatic N) is 1. The number of nitrogens with one attached hydrogen (secondary N) is 1. The van der Waals surface area contributed by atoms with Gasteiger partial charge in [-0.1, -0.05) is 0 Å². The zero-order valence-electron chi connectivity index (χ0n) is 10.6. The third-order valence-corrected chi connectivity index (χ3v) is 3.45. The second-order valence-electron chi connectivity index (χ2n) is 4.71. The lowest BCUT2D eigenvalue weighted by Gasteiger charge is -2.31. The summed E-state index contributed by atoms with van der Waals surface area (Å²) in [4.78, 5) is 14.1. The molecule has 1 saturated heterocycles. The molecule has 5 heteroatoms. The Labute approximate surface area is 107 Å². The van der Waals surface area contributed by atoms with Crippen molar-refractivity contribution in [3.05, 3.63) is 24.2 Å². The van der Waals surface area contributed by atoms with Gasteiger partial charge in [0.15, 0.2) is 0 Å². The van der Waals surface area contributed by atoms with Crippen LogP contribution in [0.1, 0.15) is 25.5 Å². The largest absolute Gasteiger partial charge is 0.468 e. The number of rotatable bonds is 4. The molecule has 1 amide bonds. The van der Waals surface area contributed by atoms with E-state index >= 15 is 0 Å². The summed E-state index contributed by atoms with van der Waals surface area (Å²) in [6.07, 6.45) is 3.00. The average molecular weight is 252 g/mol. The van der Waals surface area contributed by atoms with E-state index in [-0.39, 0.29) is 24.6 Å². The van der Waals surface area contributed by atoms with Gasteiger partial charge in [0.2, 0.25) is 5.91 Å². The van der Waals surface area contributed by atoms with Crippen LogP contribution < -0.4 is 5.32 Å². The van der Waals surface area contributed by atoms with Gasteiger partial charge in [-0.25, -0.2) is 0 Å². The molecule has 18 heavy (non-hydrogen) atoms. The van der Waals surface area contributed by atoms with E-state index in [4.69, 9.17) is 9.52 Å². The number of hydrogen-bond acceptors (Lipinski definition) is 4. The molecule has 2 atom stereocenters. The van der Waals surface area contributed by atoms with Crippen molar-refractivity contribution in [2.75, 3.05) is 13.2 Å². The predicted molar refractivity (Wildman–Crippen MR) is 66.8 cm³/mol. The molecule has 2 rings (SSSR count). The molecule has 2 N–H and O–H groups in total. The van der Waals surface area contributed by atoms with Gasteiger partial charge in [0, 0.05) is 19.2 Å². The van der Waals surface area contributed by atoms with Gasteiger partial charge in [0.1, 0.15) is 5.76 Å². The van der Waals surface area contributed by atoms with E-state index in [0.717, 1.165) is 12.2 Å². The molecular formula is C13H20N2O3. The number of carbonyl (C=O) groups excluding carboxylic acids is 1. The number of amides is 1. The van der Waals surface area contributed by atoms with E-state index in [1.165, 1.54) is 0 Å². The molecule has 0 aliphatic carbocycles. The van der Waals surface area contributed by atoms with Gasteiger partial charge < -0.3 is 14.8 Å². The summed E-state index contributed by atoms with van der Waals surface area (Å²) >= 11 is 0. The molecule has 0 spiro atoms. The molecule has 2 heterocycles. The molecule has 0 radical (unpaired) electrons. The SMILES string of the molecule is CC1CCNC(=O)C(CCO)N1Cc1ccco1. The molecule has 2 unspecified atom stereocenters. The molecule has 0 saturated carbocycles. The minimum absolute atomic E-state index is 0.0000406. The maximum absolute atomic E-state index is 12.0. The van der Waals surface area contributed by atoms with E-state index in [9.17, 15) is 4.79 Å². The topological polar surface area (TPSA) is 65.7 Å². The Balaban J connectivity index is 2.15. The molecule has 1 aliphatic heterocycles. The first-order valence-electron chi connectivity index (χ1n) is 6.39. The van der Waals surface area contributed by atoms with Crippen molar-refractivity contribution in [2.24, 2.45) is 0 Å². The Morgan fingerprint density at radius 3 is 3.11 bits per heavy atom. The van der Waals surface area contributed by atoms with Crippen LogP contribution in [0, 0.1) is 0 Å². The fourth-order valence-corrected chi connectivity index (χ4v) is 2.41. The zero-order chi connectivity index (χ0) is 13.0. The van der Waals surface area contributed by atoms with Gasteiger partial charge in [-0.2, -0.15) is 0 Å². The molecule has 1 aromatic heterocycles. The van der Waals surface area contributed by atoms with Crippen LogP contribution >= 0.6 is 0 Å². The number of furan rings is 1. The second-order valence-corrected chi connectivity index (χ2v) is 4.71. The Kier molecular flexibility index (Phi) is 4.38. The summed E-state index contributed by atoms with van der Waals surface area (Å²) < 4.78 is 5.35. The highest BCUT2D eigenvalue weighted by molar-refractivity contribution is 5.82. The van der Waals surface area contributed by atoms with Crippen LogP contribution in [0.3, 0.4) is 0 Å². The molecule has 1 aromatic rings. The van der Waals surface area contributed by atoms with Crippen molar-refractivity contribution < 1.29 is 14.3 Å². The van der Waals surface area contributed by atoms with E-state index < -0.39 is 0 Å². The smallest absolute Gasteiger partial charge is 0.237 e. The summed E-state index contributed by atoms with van der Waals surface area (Å²) in [5.74, 6) is 0.847. The summed E-state index contributed by atoms with van der Waals surface area (Å²) in [6.45, 7) is 3.41. The Hall–Kier alpha value is -1.33. The standard InChI is InChI=1S/C13H20N2O3/c1-10-4-6-14-13(17)12(5-7-16)15(10)9-11-3-2-8-18-11/h2-3,8,10,12,16H,4-7,9H2,1H3,(H,14,17). The molecule has 5 nitrogen and oxygen atoms in total. The van der Waals surface area contributed by atoms with E-state index in [0.29, 0.717) is 19.5 Å². The van der Waals surface area contributed by atoms with Crippen LogP contribution in [-0.4, -0.2) is 41.1 Å². The lowest BCUT2D eigenvalue weighted by Crippen LogP contribution is -2.47. The summed E-state index contributed by atoms with van der Waals surface area (Å²) in [5.41, 5.74) is 0. The normalized spacial score (nSPS) is 25.8. The highest BCUT2D eigenvalue weighted by atomic mass is 16.3. The average Bonchev–Trinajstić information content (AvgIpc) is 2.81. The van der Waals surface area contributed by atoms with Gasteiger partial charge in [-0.15, -0.1) is 0 Å². The van der Waals surface area contributed by atoms with Gasteiger partial charge in [0.25, 0.3) is 0 Å². The van der Waals surface area contributed by atoms with E-state index in [2.05, 4.69) is 17.1 Å². The third kappa shape index (κ3) is 2.91. The lowest BCUT2D eigenvalue weighted by atomic mass is 10.1. The Morgan fingerprint density at radius 2 is 2.44 bits per heavy atom. The van der Waals surface area contributed by atoms with Gasteiger partial charge in [0.05, 0.1) is 18.8 Å². The summed E-state index contributed by atoms with van der Waals surface area (Å²) in [5, 5.41) is 12.0. The molecule has 1 fully saturated rings. The van der Waals surface area contributed by atoms with Crippen LogP contribution in [0.25, 0.3) is 0 Å². The quantitative estimate of drug-likeness (QED) is 0.829. The lowest BCUT2D eigenvalue weighted by molar-refractivity contribution is -0.127. The van der Waals surface area contributed by atoms with Crippen LogP contribution in [0.2, 0.25) is 0 Å². The molecular weight excluding hydrogens is 232 g/mol. The third-order valence-electron chi connectivity index (χ3n) is 3.45. The highest BCUT2D eigenvalue weighted by Crippen LogP contribution is 2.19. The van der Waals surface area contributed by atoms with Crippen molar-refractivity contribution in [1.29, 1.82) is 0 Å². The fourth-order valence-electron chi connectivity index (χ4n) is 2.41. The van der Waals surface area contributed by atoms with E-state index in [1.807, 2.05) is 12.1 Å². The first kappa shape index (κ1) is 13.1. The highest BCUT2D eigenvalue weighted by Gasteiger charge is 2.32. The Morgan fingerprint density at radius 1 is 1.61 bits per heavy atom. The second kappa shape index (κ2) is 6.02. The van der Waals surface area contributed by atoms with Crippen molar-refractivity contribution in [2.45, 2.75) is 38.4 Å². The van der Waals surface area contributed by atoms with Crippen molar-refractivity contribution in [3.8, 4) is 0 Å². The number of hydrogen-bond donors (Lipinski definition) is 2. The van der Waals surface area contributed by atoms with Crippen LogP contribution in [0.4, 0.5) is 0 Å². The van der Waals surface area contributed by atoms with Crippen molar-refractivity contribution >= 4 is 5.91 Å². The first-order chi connectivity index (χ1) is 8.72. The number of aliphatic hydroxyl groups excluding tert-OH is 1. The summed E-state index contributed by atoms with van der Waals surface area (Å²) in [7, 11) is 0. The summed E-state index contributed by atoms with van der Waals surface area (Å²) in [6, 6.07) is 3.76. The van der Waals surface area contributed by atoms with Gasteiger partial charge >= 0.3 is 0 Å². The number of aliphatic hydroxyl groups is 1. The van der Waals surface area contributed by atoms with Crippen LogP contribution in [0.5, 0.6) is 0 Å². The molecule has 0 aromatic carbocycles. The molecule has 100 valence electrons.